The van der Waals surface area contributed by atoms with Gasteiger partial charge in [-0.15, -0.1) is 0 Å². The molecule has 0 saturated carbocycles. The van der Waals surface area contributed by atoms with E-state index in [9.17, 15) is 4.39 Å². The minimum Gasteiger partial charge on any atom is -0.494 e. The first-order chi connectivity index (χ1) is 6.15. The summed E-state index contributed by atoms with van der Waals surface area (Å²) in [5, 5.41) is 0. The Kier molecular flexibility index (Phi) is 3.25. The van der Waals surface area contributed by atoms with Crippen LogP contribution in [-0.2, 0) is 6.42 Å². The highest BCUT2D eigenvalue weighted by Gasteiger charge is 2.08. The molecule has 0 aliphatic rings. The quantitative estimate of drug-likeness (QED) is 0.774. The van der Waals surface area contributed by atoms with E-state index in [1.807, 2.05) is 6.92 Å². The molecule has 0 radical (unpaired) electrons. The number of ether oxygens (including phenoxy) is 1. The fourth-order valence-electron chi connectivity index (χ4n) is 1.22. The van der Waals surface area contributed by atoms with Gasteiger partial charge in [0.2, 0.25) is 0 Å². The lowest BCUT2D eigenvalue weighted by Gasteiger charge is -2.08. The third kappa shape index (κ3) is 2.42. The van der Waals surface area contributed by atoms with Crippen molar-refractivity contribution in [3.05, 3.63) is 29.6 Å². The zero-order chi connectivity index (χ0) is 9.84. The minimum atomic E-state index is -0.303. The molecule has 0 heterocycles. The first-order valence-electron chi connectivity index (χ1n) is 4.22. The molecule has 1 rings (SSSR count). The molecule has 72 valence electrons. The van der Waals surface area contributed by atoms with Crippen molar-refractivity contribution >= 4 is 0 Å². The molecule has 0 saturated heterocycles. The second-order valence-electron chi connectivity index (χ2n) is 3.11. The van der Waals surface area contributed by atoms with Gasteiger partial charge in [0.05, 0.1) is 7.11 Å². The van der Waals surface area contributed by atoms with Crippen molar-refractivity contribution in [1.82, 2.24) is 0 Å². The van der Waals surface area contributed by atoms with Crippen LogP contribution in [0.1, 0.15) is 12.5 Å². The smallest absolute Gasteiger partial charge is 0.168 e. The first-order valence-corrected chi connectivity index (χ1v) is 4.22. The normalized spacial score (nSPS) is 12.6. The van der Waals surface area contributed by atoms with E-state index in [0.717, 1.165) is 0 Å². The molecule has 0 aliphatic carbocycles. The number of nitrogens with two attached hydrogens (primary N) is 1. The molecule has 0 aromatic heterocycles. The second-order valence-corrected chi connectivity index (χ2v) is 3.11. The average Bonchev–Trinajstić information content (AvgIpc) is 2.08. The van der Waals surface area contributed by atoms with E-state index in [4.69, 9.17) is 10.5 Å². The molecule has 2 nitrogen and oxygen atoms in total. The van der Waals surface area contributed by atoms with Gasteiger partial charge in [0, 0.05) is 6.04 Å². The highest BCUT2D eigenvalue weighted by atomic mass is 19.1. The Morgan fingerprint density at radius 1 is 1.54 bits per heavy atom. The maximum atomic E-state index is 13.5. The van der Waals surface area contributed by atoms with E-state index in [1.165, 1.54) is 7.11 Å². The lowest BCUT2D eigenvalue weighted by atomic mass is 10.1. The van der Waals surface area contributed by atoms with Gasteiger partial charge < -0.3 is 10.5 Å². The van der Waals surface area contributed by atoms with E-state index >= 15 is 0 Å². The summed E-state index contributed by atoms with van der Waals surface area (Å²) < 4.78 is 18.3. The molecule has 2 N–H and O–H groups in total. The zero-order valence-electron chi connectivity index (χ0n) is 7.88. The highest BCUT2D eigenvalue weighted by molar-refractivity contribution is 5.31. The Balaban J connectivity index is 2.94. The van der Waals surface area contributed by atoms with Crippen LogP contribution in [0.25, 0.3) is 0 Å². The monoisotopic (exact) mass is 183 g/mol. The fraction of sp³-hybridized carbons (Fsp3) is 0.400. The number of hydrogen-bond acceptors (Lipinski definition) is 2. The first kappa shape index (κ1) is 9.99. The number of hydrogen-bond donors (Lipinski definition) is 1. The van der Waals surface area contributed by atoms with E-state index in [-0.39, 0.29) is 17.6 Å². The van der Waals surface area contributed by atoms with Crippen molar-refractivity contribution in [2.45, 2.75) is 19.4 Å². The second kappa shape index (κ2) is 4.23. The van der Waals surface area contributed by atoms with Crippen LogP contribution in [0.15, 0.2) is 18.2 Å². The van der Waals surface area contributed by atoms with Crippen molar-refractivity contribution < 1.29 is 9.13 Å². The third-order valence-corrected chi connectivity index (χ3v) is 1.81. The standard InChI is InChI=1S/C10H14FNO/c1-7(12)6-8-4-3-5-9(13-2)10(8)11/h3-5,7H,6,12H2,1-2H3/t7-/m1/s1. The zero-order valence-corrected chi connectivity index (χ0v) is 7.88. The van der Waals surface area contributed by atoms with Crippen LogP contribution in [0.5, 0.6) is 5.75 Å². The molecule has 0 aliphatic heterocycles. The molecule has 1 aromatic carbocycles. The van der Waals surface area contributed by atoms with E-state index in [1.54, 1.807) is 18.2 Å². The molecule has 3 heteroatoms. The fourth-order valence-corrected chi connectivity index (χ4v) is 1.22. The van der Waals surface area contributed by atoms with Crippen molar-refractivity contribution in [1.29, 1.82) is 0 Å². The van der Waals surface area contributed by atoms with Crippen LogP contribution < -0.4 is 10.5 Å². The van der Waals surface area contributed by atoms with Crippen LogP contribution >= 0.6 is 0 Å². The van der Waals surface area contributed by atoms with Gasteiger partial charge in [-0.3, -0.25) is 0 Å². The van der Waals surface area contributed by atoms with Gasteiger partial charge in [-0.2, -0.15) is 0 Å². The van der Waals surface area contributed by atoms with Crippen LogP contribution in [0.4, 0.5) is 4.39 Å². The molecule has 1 aromatic rings. The molecule has 0 unspecified atom stereocenters. The maximum absolute atomic E-state index is 13.5. The van der Waals surface area contributed by atoms with E-state index in [2.05, 4.69) is 0 Å². The molecule has 0 amide bonds. The lowest BCUT2D eigenvalue weighted by molar-refractivity contribution is 0.383. The molecular weight excluding hydrogens is 169 g/mol. The number of rotatable bonds is 3. The summed E-state index contributed by atoms with van der Waals surface area (Å²) in [4.78, 5) is 0. The van der Waals surface area contributed by atoms with E-state index in [0.29, 0.717) is 12.0 Å². The number of halogens is 1. The van der Waals surface area contributed by atoms with Gasteiger partial charge in [-0.25, -0.2) is 4.39 Å². The Morgan fingerprint density at radius 3 is 2.77 bits per heavy atom. The van der Waals surface area contributed by atoms with Crippen LogP contribution in [0.3, 0.4) is 0 Å². The Labute approximate surface area is 77.5 Å². The third-order valence-electron chi connectivity index (χ3n) is 1.81. The summed E-state index contributed by atoms with van der Waals surface area (Å²) in [6, 6.07) is 5.04. The minimum absolute atomic E-state index is 0.0402. The predicted molar refractivity (Wildman–Crippen MR) is 50.3 cm³/mol. The SMILES string of the molecule is COc1cccc(C[C@@H](C)N)c1F. The summed E-state index contributed by atoms with van der Waals surface area (Å²) in [7, 11) is 1.45. The molecule has 0 bridgehead atoms. The molecule has 1 atom stereocenters. The summed E-state index contributed by atoms with van der Waals surface area (Å²) >= 11 is 0. The number of methoxy groups -OCH3 is 1. The Hall–Kier alpha value is -1.09. The van der Waals surface area contributed by atoms with Crippen LogP contribution in [0, 0.1) is 5.82 Å². The largest absolute Gasteiger partial charge is 0.494 e. The van der Waals surface area contributed by atoms with Gasteiger partial charge in [-0.1, -0.05) is 12.1 Å². The van der Waals surface area contributed by atoms with E-state index < -0.39 is 0 Å². The van der Waals surface area contributed by atoms with Crippen molar-refractivity contribution in [2.75, 3.05) is 7.11 Å². The predicted octanol–water partition coefficient (Wildman–Crippen LogP) is 1.72. The van der Waals surface area contributed by atoms with Gasteiger partial charge in [-0.05, 0) is 25.0 Å². The molecule has 0 spiro atoms. The molecule has 13 heavy (non-hydrogen) atoms. The van der Waals surface area contributed by atoms with Crippen molar-refractivity contribution in [3.63, 3.8) is 0 Å². The van der Waals surface area contributed by atoms with Crippen molar-refractivity contribution in [2.24, 2.45) is 5.73 Å². The molecular formula is C10H14FNO. The Bertz CT molecular complexity index is 286. The summed E-state index contributed by atoms with van der Waals surface area (Å²) in [6.45, 7) is 1.85. The van der Waals surface area contributed by atoms with Gasteiger partial charge in [0.15, 0.2) is 11.6 Å². The van der Waals surface area contributed by atoms with Crippen LogP contribution in [-0.4, -0.2) is 13.2 Å². The summed E-state index contributed by atoms with van der Waals surface area (Å²) in [5.74, 6) is -0.0274. The summed E-state index contributed by atoms with van der Waals surface area (Å²) in [6.07, 6.45) is 0.531. The number of benzene rings is 1. The van der Waals surface area contributed by atoms with Gasteiger partial charge in [0.1, 0.15) is 0 Å². The van der Waals surface area contributed by atoms with Gasteiger partial charge in [0.25, 0.3) is 0 Å². The maximum Gasteiger partial charge on any atom is 0.168 e. The van der Waals surface area contributed by atoms with Crippen LogP contribution in [0.2, 0.25) is 0 Å². The highest BCUT2D eigenvalue weighted by Crippen LogP contribution is 2.20. The lowest BCUT2D eigenvalue weighted by Crippen LogP contribution is -2.18. The molecule has 0 fully saturated rings. The summed E-state index contributed by atoms with van der Waals surface area (Å²) in [5.41, 5.74) is 6.18. The van der Waals surface area contributed by atoms with Gasteiger partial charge >= 0.3 is 0 Å². The Morgan fingerprint density at radius 2 is 2.23 bits per heavy atom. The average molecular weight is 183 g/mol. The topological polar surface area (TPSA) is 35.2 Å². The van der Waals surface area contributed by atoms with Crippen molar-refractivity contribution in [3.8, 4) is 5.75 Å².